The van der Waals surface area contributed by atoms with E-state index in [0.717, 1.165) is 12.1 Å². The quantitative estimate of drug-likeness (QED) is 0.804. The van der Waals surface area contributed by atoms with Gasteiger partial charge in [0.15, 0.2) is 17.4 Å². The van der Waals surface area contributed by atoms with E-state index in [4.69, 9.17) is 5.11 Å². The Labute approximate surface area is 90.7 Å². The second kappa shape index (κ2) is 4.83. The number of hydrogen-bond donors (Lipinski definition) is 1. The van der Waals surface area contributed by atoms with E-state index in [2.05, 4.69) is 0 Å². The van der Waals surface area contributed by atoms with E-state index in [9.17, 15) is 18.4 Å². The number of rotatable bonds is 4. The fraction of sp³-hybridized carbons (Fsp3) is 0.273. The van der Waals surface area contributed by atoms with Crippen LogP contribution in [0.15, 0.2) is 18.2 Å². The number of aliphatic carboxylic acids is 1. The van der Waals surface area contributed by atoms with Crippen LogP contribution in [0.25, 0.3) is 0 Å². The lowest BCUT2D eigenvalue weighted by atomic mass is 9.96. The third kappa shape index (κ3) is 2.62. The molecule has 86 valence electrons. The Balaban J connectivity index is 2.96. The Bertz CT molecular complexity index is 429. The van der Waals surface area contributed by atoms with Gasteiger partial charge < -0.3 is 5.11 Å². The van der Waals surface area contributed by atoms with Gasteiger partial charge in [0.1, 0.15) is 0 Å². The highest BCUT2D eigenvalue weighted by Gasteiger charge is 2.22. The third-order valence-corrected chi connectivity index (χ3v) is 2.15. The molecule has 0 spiro atoms. The van der Waals surface area contributed by atoms with E-state index in [0.29, 0.717) is 0 Å². The van der Waals surface area contributed by atoms with E-state index in [1.165, 1.54) is 13.0 Å². The minimum absolute atomic E-state index is 0.408. The van der Waals surface area contributed by atoms with Crippen molar-refractivity contribution in [3.05, 3.63) is 35.4 Å². The topological polar surface area (TPSA) is 54.4 Å². The van der Waals surface area contributed by atoms with Crippen LogP contribution in [0.4, 0.5) is 8.78 Å². The molecule has 0 radical (unpaired) electrons. The molecule has 0 saturated carbocycles. The summed E-state index contributed by atoms with van der Waals surface area (Å²) in [4.78, 5) is 22.0. The average molecular weight is 228 g/mol. The van der Waals surface area contributed by atoms with Gasteiger partial charge in [-0.25, -0.2) is 8.78 Å². The number of hydrogen-bond acceptors (Lipinski definition) is 2. The van der Waals surface area contributed by atoms with Gasteiger partial charge in [-0.1, -0.05) is 13.0 Å². The predicted molar refractivity (Wildman–Crippen MR) is 52.1 cm³/mol. The van der Waals surface area contributed by atoms with Gasteiger partial charge in [-0.3, -0.25) is 9.59 Å². The molecule has 0 bridgehead atoms. The standard InChI is InChI=1S/C11H10F2O3/c1-6(5-9(14)15)11(16)7-3-2-4-8(12)10(7)13/h2-4,6H,5H2,1H3,(H,14,15). The van der Waals surface area contributed by atoms with Crippen molar-refractivity contribution in [1.29, 1.82) is 0 Å². The van der Waals surface area contributed by atoms with Crippen LogP contribution < -0.4 is 0 Å². The Hall–Kier alpha value is -1.78. The zero-order valence-electron chi connectivity index (χ0n) is 8.54. The first kappa shape index (κ1) is 12.3. The molecule has 0 aliphatic rings. The van der Waals surface area contributed by atoms with Crippen LogP contribution in [0.3, 0.4) is 0 Å². The van der Waals surface area contributed by atoms with Gasteiger partial charge in [-0.15, -0.1) is 0 Å². The van der Waals surface area contributed by atoms with Gasteiger partial charge in [0.25, 0.3) is 0 Å². The van der Waals surface area contributed by atoms with Crippen molar-refractivity contribution in [3.63, 3.8) is 0 Å². The average Bonchev–Trinajstić information content (AvgIpc) is 2.20. The van der Waals surface area contributed by atoms with Crippen LogP contribution >= 0.6 is 0 Å². The van der Waals surface area contributed by atoms with Crippen LogP contribution in [-0.4, -0.2) is 16.9 Å². The maximum Gasteiger partial charge on any atom is 0.304 e. The van der Waals surface area contributed by atoms with Gasteiger partial charge in [-0.05, 0) is 12.1 Å². The van der Waals surface area contributed by atoms with Gasteiger partial charge in [0, 0.05) is 5.92 Å². The van der Waals surface area contributed by atoms with Gasteiger partial charge in [0.05, 0.1) is 12.0 Å². The van der Waals surface area contributed by atoms with Crippen LogP contribution in [0.2, 0.25) is 0 Å². The molecule has 1 aromatic rings. The highest BCUT2D eigenvalue weighted by atomic mass is 19.2. The summed E-state index contributed by atoms with van der Waals surface area (Å²) in [6.45, 7) is 1.36. The van der Waals surface area contributed by atoms with Crippen molar-refractivity contribution in [3.8, 4) is 0 Å². The van der Waals surface area contributed by atoms with Crippen LogP contribution in [0, 0.1) is 17.6 Å². The molecule has 1 rings (SSSR count). The Kier molecular flexibility index (Phi) is 3.71. The summed E-state index contributed by atoms with van der Waals surface area (Å²) >= 11 is 0. The zero-order valence-corrected chi connectivity index (χ0v) is 8.54. The number of carbonyl (C=O) groups is 2. The molecule has 0 heterocycles. The number of halogens is 2. The monoisotopic (exact) mass is 228 g/mol. The highest BCUT2D eigenvalue weighted by molar-refractivity contribution is 5.99. The lowest BCUT2D eigenvalue weighted by molar-refractivity contribution is -0.137. The first-order valence-corrected chi connectivity index (χ1v) is 4.63. The second-order valence-corrected chi connectivity index (χ2v) is 3.46. The molecule has 0 fully saturated rings. The van der Waals surface area contributed by atoms with E-state index in [1.54, 1.807) is 0 Å². The van der Waals surface area contributed by atoms with E-state index in [1.807, 2.05) is 0 Å². The molecule has 0 saturated heterocycles. The summed E-state index contributed by atoms with van der Waals surface area (Å²) < 4.78 is 26.0. The lowest BCUT2D eigenvalue weighted by Gasteiger charge is -2.08. The summed E-state index contributed by atoms with van der Waals surface area (Å²) in [6, 6.07) is 3.24. The Morgan fingerprint density at radius 2 is 2.00 bits per heavy atom. The first-order valence-electron chi connectivity index (χ1n) is 4.63. The Morgan fingerprint density at radius 3 is 2.56 bits per heavy atom. The molecule has 0 aromatic heterocycles. The molecule has 5 heteroatoms. The lowest BCUT2D eigenvalue weighted by Crippen LogP contribution is -2.17. The minimum atomic E-state index is -1.23. The molecule has 0 aliphatic heterocycles. The van der Waals surface area contributed by atoms with Crippen molar-refractivity contribution in [2.75, 3.05) is 0 Å². The minimum Gasteiger partial charge on any atom is -0.481 e. The number of carbonyl (C=O) groups excluding carboxylic acids is 1. The van der Waals surface area contributed by atoms with Gasteiger partial charge in [0.2, 0.25) is 0 Å². The molecule has 1 N–H and O–H groups in total. The zero-order chi connectivity index (χ0) is 12.3. The number of benzene rings is 1. The number of ketones is 1. The largest absolute Gasteiger partial charge is 0.481 e. The number of carboxylic acids is 1. The molecule has 1 atom stereocenters. The maximum absolute atomic E-state index is 13.2. The fourth-order valence-electron chi connectivity index (χ4n) is 1.31. The van der Waals surface area contributed by atoms with Crippen molar-refractivity contribution in [1.82, 2.24) is 0 Å². The number of Topliss-reactive ketones (excluding diaryl/α,β-unsaturated/α-hetero) is 1. The van der Waals surface area contributed by atoms with Gasteiger partial charge in [-0.2, -0.15) is 0 Å². The molecule has 1 aromatic carbocycles. The third-order valence-electron chi connectivity index (χ3n) is 2.15. The normalized spacial score (nSPS) is 12.2. The molecular weight excluding hydrogens is 218 g/mol. The number of carboxylic acid groups (broad SMARTS) is 1. The second-order valence-electron chi connectivity index (χ2n) is 3.46. The summed E-state index contributed by atoms with van der Waals surface area (Å²) in [5.41, 5.74) is -0.409. The van der Waals surface area contributed by atoms with Crippen molar-refractivity contribution in [2.24, 2.45) is 5.92 Å². The molecule has 16 heavy (non-hydrogen) atoms. The van der Waals surface area contributed by atoms with E-state index < -0.39 is 41.3 Å². The van der Waals surface area contributed by atoms with Crippen molar-refractivity contribution >= 4 is 11.8 Å². The van der Waals surface area contributed by atoms with Crippen LogP contribution in [0.1, 0.15) is 23.7 Å². The van der Waals surface area contributed by atoms with Gasteiger partial charge >= 0.3 is 5.97 Å². The SMILES string of the molecule is CC(CC(=O)O)C(=O)c1cccc(F)c1F. The summed E-state index contributed by atoms with van der Waals surface area (Å²) in [7, 11) is 0. The van der Waals surface area contributed by atoms with E-state index >= 15 is 0 Å². The highest BCUT2D eigenvalue weighted by Crippen LogP contribution is 2.17. The predicted octanol–water partition coefficient (Wildman–Crippen LogP) is 2.26. The summed E-state index contributed by atoms with van der Waals surface area (Å²) in [5.74, 6) is -5.09. The first-order chi connectivity index (χ1) is 7.43. The molecule has 0 amide bonds. The van der Waals surface area contributed by atoms with Crippen LogP contribution in [-0.2, 0) is 4.79 Å². The van der Waals surface area contributed by atoms with Crippen LogP contribution in [0.5, 0.6) is 0 Å². The molecular formula is C11H10F2O3. The summed E-state index contributed by atoms with van der Waals surface area (Å²) in [6.07, 6.45) is -0.408. The maximum atomic E-state index is 13.2. The smallest absolute Gasteiger partial charge is 0.304 e. The molecule has 3 nitrogen and oxygen atoms in total. The summed E-state index contributed by atoms with van der Waals surface area (Å²) in [5, 5.41) is 8.48. The Morgan fingerprint density at radius 1 is 1.38 bits per heavy atom. The molecule has 1 unspecified atom stereocenters. The fourth-order valence-corrected chi connectivity index (χ4v) is 1.31. The molecule has 0 aliphatic carbocycles. The van der Waals surface area contributed by atoms with Crippen molar-refractivity contribution < 1.29 is 23.5 Å². The van der Waals surface area contributed by atoms with E-state index in [-0.39, 0.29) is 0 Å². The van der Waals surface area contributed by atoms with Crippen molar-refractivity contribution in [2.45, 2.75) is 13.3 Å².